The van der Waals surface area contributed by atoms with Crippen LogP contribution in [0.4, 0.5) is 16.0 Å². The van der Waals surface area contributed by atoms with Crippen LogP contribution in [0.1, 0.15) is 24.5 Å². The van der Waals surface area contributed by atoms with Crippen molar-refractivity contribution < 1.29 is 9.13 Å². The predicted octanol–water partition coefficient (Wildman–Crippen LogP) is 3.52. The molecule has 0 aliphatic carbocycles. The molecule has 2 aliphatic heterocycles. The smallest absolute Gasteiger partial charge is 0.150 e. The van der Waals surface area contributed by atoms with Crippen LogP contribution >= 0.6 is 0 Å². The first-order chi connectivity index (χ1) is 15.2. The summed E-state index contributed by atoms with van der Waals surface area (Å²) < 4.78 is 19.1. The zero-order chi connectivity index (χ0) is 21.4. The van der Waals surface area contributed by atoms with Gasteiger partial charge in [-0.25, -0.2) is 14.4 Å². The highest BCUT2D eigenvalue weighted by atomic mass is 19.1. The van der Waals surface area contributed by atoms with Gasteiger partial charge in [-0.15, -0.1) is 0 Å². The van der Waals surface area contributed by atoms with Gasteiger partial charge in [0.15, 0.2) is 5.82 Å². The van der Waals surface area contributed by atoms with Crippen LogP contribution in [0.25, 0.3) is 10.9 Å². The predicted molar refractivity (Wildman–Crippen MR) is 116 cm³/mol. The van der Waals surface area contributed by atoms with Gasteiger partial charge in [0.05, 0.1) is 24.4 Å². The lowest BCUT2D eigenvalue weighted by Gasteiger charge is -2.41. The number of aromatic nitrogens is 3. The SMILES string of the molecule is COc1cc(N2CC(c3nccnc3N3CCC(C#N)CC3)C2)nc2ccc(F)cc12. The zero-order valence-corrected chi connectivity index (χ0v) is 17.3. The van der Waals surface area contributed by atoms with Crippen LogP contribution in [-0.4, -0.2) is 48.2 Å². The Balaban J connectivity index is 1.35. The highest BCUT2D eigenvalue weighted by molar-refractivity contribution is 5.87. The minimum absolute atomic E-state index is 0.137. The van der Waals surface area contributed by atoms with Crippen LogP contribution in [0.5, 0.6) is 5.75 Å². The van der Waals surface area contributed by atoms with Gasteiger partial charge >= 0.3 is 0 Å². The Kier molecular flexibility index (Phi) is 5.02. The van der Waals surface area contributed by atoms with Crippen molar-refractivity contribution in [2.45, 2.75) is 18.8 Å². The van der Waals surface area contributed by atoms with E-state index in [1.54, 1.807) is 25.6 Å². The summed E-state index contributed by atoms with van der Waals surface area (Å²) in [6.07, 6.45) is 5.21. The second-order valence-electron chi connectivity index (χ2n) is 8.10. The maximum Gasteiger partial charge on any atom is 0.150 e. The van der Waals surface area contributed by atoms with Gasteiger partial charge in [-0.3, -0.25) is 4.98 Å². The number of anilines is 2. The minimum Gasteiger partial charge on any atom is -0.496 e. The highest BCUT2D eigenvalue weighted by Gasteiger charge is 2.34. The Morgan fingerprint density at radius 1 is 1.10 bits per heavy atom. The molecule has 2 saturated heterocycles. The van der Waals surface area contributed by atoms with Crippen LogP contribution < -0.4 is 14.5 Å². The number of nitrogens with zero attached hydrogens (tertiary/aromatic N) is 6. The number of hydrogen-bond donors (Lipinski definition) is 0. The molecule has 0 bridgehead atoms. The van der Waals surface area contributed by atoms with Crippen molar-refractivity contribution in [1.29, 1.82) is 5.26 Å². The number of piperidine rings is 1. The summed E-state index contributed by atoms with van der Waals surface area (Å²) in [5.74, 6) is 2.45. The lowest BCUT2D eigenvalue weighted by molar-refractivity contribution is 0.418. The molecule has 8 heteroatoms. The number of halogens is 1. The van der Waals surface area contributed by atoms with E-state index in [0.717, 1.165) is 56.4 Å². The van der Waals surface area contributed by atoms with Crippen LogP contribution in [0.15, 0.2) is 36.7 Å². The largest absolute Gasteiger partial charge is 0.496 e. The number of rotatable bonds is 4. The number of pyridine rings is 1. The molecule has 1 aromatic carbocycles. The Hall–Kier alpha value is -3.47. The molecule has 2 fully saturated rings. The molecule has 0 N–H and O–H groups in total. The van der Waals surface area contributed by atoms with E-state index in [4.69, 9.17) is 15.0 Å². The summed E-state index contributed by atoms with van der Waals surface area (Å²) >= 11 is 0. The fraction of sp³-hybridized carbons (Fsp3) is 0.391. The van der Waals surface area contributed by atoms with E-state index >= 15 is 0 Å². The van der Waals surface area contributed by atoms with E-state index < -0.39 is 0 Å². The molecule has 158 valence electrons. The second kappa shape index (κ2) is 7.99. The van der Waals surface area contributed by atoms with Crippen molar-refractivity contribution in [3.8, 4) is 11.8 Å². The Morgan fingerprint density at radius 3 is 2.61 bits per heavy atom. The molecule has 2 aliphatic rings. The third-order valence-corrected chi connectivity index (χ3v) is 6.21. The minimum atomic E-state index is -0.307. The fourth-order valence-corrected chi connectivity index (χ4v) is 4.42. The number of benzene rings is 1. The van der Waals surface area contributed by atoms with E-state index in [2.05, 4.69) is 25.8 Å². The van der Waals surface area contributed by atoms with Gasteiger partial charge in [-0.05, 0) is 31.0 Å². The summed E-state index contributed by atoms with van der Waals surface area (Å²) in [7, 11) is 1.59. The second-order valence-corrected chi connectivity index (χ2v) is 8.10. The van der Waals surface area contributed by atoms with E-state index in [0.29, 0.717) is 16.7 Å². The molecule has 5 rings (SSSR count). The Bertz CT molecular complexity index is 1150. The third-order valence-electron chi connectivity index (χ3n) is 6.21. The molecule has 0 atom stereocenters. The number of nitriles is 1. The molecule has 0 amide bonds. The molecule has 3 aromatic rings. The van der Waals surface area contributed by atoms with Crippen LogP contribution in [0.2, 0.25) is 0 Å². The molecule has 4 heterocycles. The number of ether oxygens (including phenoxy) is 1. The summed E-state index contributed by atoms with van der Waals surface area (Å²) in [6.45, 7) is 3.23. The van der Waals surface area contributed by atoms with Crippen molar-refractivity contribution >= 4 is 22.5 Å². The molecule has 0 saturated carbocycles. The van der Waals surface area contributed by atoms with Gasteiger partial charge < -0.3 is 14.5 Å². The molecule has 0 unspecified atom stereocenters. The molecule has 0 radical (unpaired) electrons. The van der Waals surface area contributed by atoms with E-state index in [1.807, 2.05) is 6.07 Å². The van der Waals surface area contributed by atoms with Gasteiger partial charge in [0.2, 0.25) is 0 Å². The number of fused-ring (bicyclic) bond motifs is 1. The average molecular weight is 418 g/mol. The van der Waals surface area contributed by atoms with Crippen molar-refractivity contribution in [2.24, 2.45) is 5.92 Å². The van der Waals surface area contributed by atoms with E-state index in [-0.39, 0.29) is 17.7 Å². The molecule has 31 heavy (non-hydrogen) atoms. The van der Waals surface area contributed by atoms with Gasteiger partial charge in [0.1, 0.15) is 17.4 Å². The van der Waals surface area contributed by atoms with Crippen molar-refractivity contribution in [2.75, 3.05) is 43.1 Å². The van der Waals surface area contributed by atoms with Gasteiger partial charge in [-0.2, -0.15) is 5.26 Å². The number of methoxy groups -OCH3 is 1. The highest BCUT2D eigenvalue weighted by Crippen LogP contribution is 2.37. The van der Waals surface area contributed by atoms with Crippen molar-refractivity contribution in [3.05, 3.63) is 48.2 Å². The Labute approximate surface area is 180 Å². The average Bonchev–Trinajstić information content (AvgIpc) is 2.78. The van der Waals surface area contributed by atoms with Crippen LogP contribution in [-0.2, 0) is 0 Å². The Morgan fingerprint density at radius 2 is 1.87 bits per heavy atom. The van der Waals surface area contributed by atoms with Crippen LogP contribution in [0, 0.1) is 23.1 Å². The first-order valence-electron chi connectivity index (χ1n) is 10.5. The lowest BCUT2D eigenvalue weighted by atomic mass is 9.94. The number of hydrogen-bond acceptors (Lipinski definition) is 7. The van der Waals surface area contributed by atoms with E-state index in [9.17, 15) is 4.39 Å². The topological polar surface area (TPSA) is 78.2 Å². The van der Waals surface area contributed by atoms with Crippen molar-refractivity contribution in [3.63, 3.8) is 0 Å². The standard InChI is InChI=1S/C23H23FN6O/c1-31-20-11-21(28-19-3-2-17(24)10-18(19)20)30-13-16(14-30)22-23(27-7-6-26-22)29-8-4-15(12-25)5-9-29/h2-3,6-7,10-11,15-16H,4-5,8-9,13-14H2,1H3. The van der Waals surface area contributed by atoms with Gasteiger partial charge in [0, 0.05) is 61.9 Å². The summed E-state index contributed by atoms with van der Waals surface area (Å²) in [5.41, 5.74) is 1.71. The maximum atomic E-state index is 13.6. The normalized spacial score (nSPS) is 17.5. The molecule has 0 spiro atoms. The summed E-state index contributed by atoms with van der Waals surface area (Å²) in [6, 6.07) is 8.79. The monoisotopic (exact) mass is 418 g/mol. The van der Waals surface area contributed by atoms with E-state index in [1.165, 1.54) is 12.1 Å². The summed E-state index contributed by atoms with van der Waals surface area (Å²) in [5, 5.41) is 9.82. The fourth-order valence-electron chi connectivity index (χ4n) is 4.42. The zero-order valence-electron chi connectivity index (χ0n) is 17.3. The summed E-state index contributed by atoms with van der Waals surface area (Å²) in [4.78, 5) is 18.4. The van der Waals surface area contributed by atoms with Gasteiger partial charge in [-0.1, -0.05) is 0 Å². The molecule has 2 aromatic heterocycles. The van der Waals surface area contributed by atoms with Crippen molar-refractivity contribution in [1.82, 2.24) is 15.0 Å². The quantitative estimate of drug-likeness (QED) is 0.641. The van der Waals surface area contributed by atoms with Gasteiger partial charge in [0.25, 0.3) is 0 Å². The third kappa shape index (κ3) is 3.61. The first kappa shape index (κ1) is 19.5. The maximum absolute atomic E-state index is 13.6. The lowest BCUT2D eigenvalue weighted by Crippen LogP contribution is -2.47. The molecular weight excluding hydrogens is 395 g/mol. The van der Waals surface area contributed by atoms with Crippen LogP contribution in [0.3, 0.4) is 0 Å². The molecular formula is C23H23FN6O. The molecule has 7 nitrogen and oxygen atoms in total. The first-order valence-corrected chi connectivity index (χ1v) is 10.5.